The fourth-order valence-electron chi connectivity index (χ4n) is 3.52. The van der Waals surface area contributed by atoms with Crippen LogP contribution in [0.15, 0.2) is 28.8 Å². The standard InChI is InChI=1S/C19H23N3O3/c1-13-9-12-22(13)19(23)16-17(14-5-7-15(24-2)8-6-14)25-20-18(16)21-10-3-4-11-21/h5-8,13H,3-4,9-12H2,1-2H3. The van der Waals surface area contributed by atoms with Crippen LogP contribution in [0.5, 0.6) is 5.75 Å². The number of methoxy groups -OCH3 is 1. The van der Waals surface area contributed by atoms with Gasteiger partial charge in [0.05, 0.1) is 7.11 Å². The number of nitrogens with zero attached hydrogens (tertiary/aromatic N) is 3. The fraction of sp³-hybridized carbons (Fsp3) is 0.474. The number of anilines is 1. The number of benzene rings is 1. The van der Waals surface area contributed by atoms with Gasteiger partial charge in [-0.05, 0) is 50.5 Å². The van der Waals surface area contributed by atoms with Crippen LogP contribution in [0.3, 0.4) is 0 Å². The molecule has 2 saturated heterocycles. The van der Waals surface area contributed by atoms with E-state index < -0.39 is 0 Å². The van der Waals surface area contributed by atoms with E-state index in [2.05, 4.69) is 17.0 Å². The minimum atomic E-state index is 0.0210. The summed E-state index contributed by atoms with van der Waals surface area (Å²) in [5, 5.41) is 4.28. The highest BCUT2D eigenvalue weighted by Crippen LogP contribution is 2.36. The number of carbonyl (C=O) groups excluding carboxylic acids is 1. The predicted molar refractivity (Wildman–Crippen MR) is 95.1 cm³/mol. The molecular weight excluding hydrogens is 318 g/mol. The quantitative estimate of drug-likeness (QED) is 0.855. The van der Waals surface area contributed by atoms with E-state index in [1.54, 1.807) is 7.11 Å². The van der Waals surface area contributed by atoms with Crippen LogP contribution in [-0.2, 0) is 0 Å². The predicted octanol–water partition coefficient (Wildman–Crippen LogP) is 3.18. The summed E-state index contributed by atoms with van der Waals surface area (Å²) in [5.41, 5.74) is 1.44. The second-order valence-corrected chi connectivity index (χ2v) is 6.77. The lowest BCUT2D eigenvalue weighted by Gasteiger charge is -2.38. The normalized spacial score (nSPS) is 19.8. The lowest BCUT2D eigenvalue weighted by Crippen LogP contribution is -2.49. The summed E-state index contributed by atoms with van der Waals surface area (Å²) < 4.78 is 10.9. The minimum absolute atomic E-state index is 0.0210. The van der Waals surface area contributed by atoms with E-state index in [9.17, 15) is 4.79 Å². The molecule has 0 saturated carbocycles. The van der Waals surface area contributed by atoms with Gasteiger partial charge in [-0.25, -0.2) is 0 Å². The van der Waals surface area contributed by atoms with Crippen LogP contribution in [-0.4, -0.2) is 48.7 Å². The highest BCUT2D eigenvalue weighted by Gasteiger charge is 2.36. The number of hydrogen-bond donors (Lipinski definition) is 0. The molecule has 1 unspecified atom stereocenters. The number of amides is 1. The molecule has 0 bridgehead atoms. The molecule has 132 valence electrons. The Morgan fingerprint density at radius 1 is 1.20 bits per heavy atom. The van der Waals surface area contributed by atoms with Crippen molar-refractivity contribution in [2.24, 2.45) is 0 Å². The number of rotatable bonds is 4. The molecule has 2 aliphatic rings. The zero-order valence-corrected chi connectivity index (χ0v) is 14.7. The van der Waals surface area contributed by atoms with E-state index in [1.807, 2.05) is 29.2 Å². The Bertz CT molecular complexity index is 763. The summed E-state index contributed by atoms with van der Waals surface area (Å²) in [7, 11) is 1.63. The molecule has 0 radical (unpaired) electrons. The molecule has 1 amide bonds. The molecule has 0 aliphatic carbocycles. The van der Waals surface area contributed by atoms with E-state index in [4.69, 9.17) is 9.26 Å². The van der Waals surface area contributed by atoms with Gasteiger partial charge in [-0.15, -0.1) is 0 Å². The lowest BCUT2D eigenvalue weighted by atomic mass is 10.0. The highest BCUT2D eigenvalue weighted by molar-refractivity contribution is 6.04. The van der Waals surface area contributed by atoms with Gasteiger partial charge in [-0.1, -0.05) is 5.16 Å². The number of likely N-dealkylation sites (tertiary alicyclic amines) is 1. The van der Waals surface area contributed by atoms with Crippen LogP contribution < -0.4 is 9.64 Å². The van der Waals surface area contributed by atoms with Crippen molar-refractivity contribution in [2.45, 2.75) is 32.2 Å². The van der Waals surface area contributed by atoms with Crippen LogP contribution in [0, 0.1) is 0 Å². The molecule has 4 rings (SSSR count). The van der Waals surface area contributed by atoms with E-state index >= 15 is 0 Å². The molecule has 1 aromatic carbocycles. The van der Waals surface area contributed by atoms with Gasteiger partial charge >= 0.3 is 0 Å². The molecule has 0 N–H and O–H groups in total. The van der Waals surface area contributed by atoms with Crippen LogP contribution in [0.4, 0.5) is 5.82 Å². The summed E-state index contributed by atoms with van der Waals surface area (Å²) in [6, 6.07) is 7.83. The van der Waals surface area contributed by atoms with Crippen molar-refractivity contribution in [3.05, 3.63) is 29.8 Å². The Labute approximate surface area is 147 Å². The summed E-state index contributed by atoms with van der Waals surface area (Å²) in [4.78, 5) is 17.2. The average molecular weight is 341 g/mol. The number of hydrogen-bond acceptors (Lipinski definition) is 5. The van der Waals surface area contributed by atoms with Gasteiger partial charge < -0.3 is 19.1 Å². The lowest BCUT2D eigenvalue weighted by molar-refractivity contribution is 0.0503. The molecule has 3 heterocycles. The van der Waals surface area contributed by atoms with Crippen LogP contribution in [0.1, 0.15) is 36.5 Å². The first kappa shape index (κ1) is 16.0. The van der Waals surface area contributed by atoms with Gasteiger partial charge in [-0.3, -0.25) is 4.79 Å². The Balaban J connectivity index is 1.76. The SMILES string of the molecule is COc1ccc(-c2onc(N3CCCC3)c2C(=O)N2CCC2C)cc1. The molecule has 2 fully saturated rings. The minimum Gasteiger partial charge on any atom is -0.497 e. The zero-order chi connectivity index (χ0) is 17.4. The van der Waals surface area contributed by atoms with Crippen molar-refractivity contribution in [3.63, 3.8) is 0 Å². The first-order chi connectivity index (χ1) is 12.2. The Kier molecular flexibility index (Phi) is 4.11. The highest BCUT2D eigenvalue weighted by atomic mass is 16.5. The first-order valence-electron chi connectivity index (χ1n) is 8.89. The molecule has 2 aliphatic heterocycles. The van der Waals surface area contributed by atoms with Crippen molar-refractivity contribution < 1.29 is 14.1 Å². The van der Waals surface area contributed by atoms with Crippen molar-refractivity contribution in [1.29, 1.82) is 0 Å². The van der Waals surface area contributed by atoms with Gasteiger partial charge in [0.1, 0.15) is 11.3 Å². The topological polar surface area (TPSA) is 58.8 Å². The Morgan fingerprint density at radius 3 is 2.48 bits per heavy atom. The monoisotopic (exact) mass is 341 g/mol. The molecule has 6 nitrogen and oxygen atoms in total. The van der Waals surface area contributed by atoms with E-state index in [0.717, 1.165) is 50.2 Å². The molecule has 6 heteroatoms. The molecule has 1 atom stereocenters. The maximum absolute atomic E-state index is 13.2. The number of ether oxygens (including phenoxy) is 1. The number of aromatic nitrogens is 1. The second-order valence-electron chi connectivity index (χ2n) is 6.77. The third kappa shape index (κ3) is 2.75. The maximum Gasteiger partial charge on any atom is 0.261 e. The molecule has 1 aromatic heterocycles. The zero-order valence-electron chi connectivity index (χ0n) is 14.7. The van der Waals surface area contributed by atoms with Crippen LogP contribution in [0.2, 0.25) is 0 Å². The van der Waals surface area contributed by atoms with Crippen LogP contribution >= 0.6 is 0 Å². The smallest absolute Gasteiger partial charge is 0.261 e. The molecular formula is C19H23N3O3. The third-order valence-corrected chi connectivity index (χ3v) is 5.23. The largest absolute Gasteiger partial charge is 0.497 e. The van der Waals surface area contributed by atoms with Crippen molar-refractivity contribution in [1.82, 2.24) is 10.1 Å². The van der Waals surface area contributed by atoms with Crippen molar-refractivity contribution in [2.75, 3.05) is 31.6 Å². The fourth-order valence-corrected chi connectivity index (χ4v) is 3.52. The maximum atomic E-state index is 13.2. The van der Waals surface area contributed by atoms with E-state index in [-0.39, 0.29) is 11.9 Å². The number of carbonyl (C=O) groups is 1. The van der Waals surface area contributed by atoms with Gasteiger partial charge in [0.25, 0.3) is 5.91 Å². The van der Waals surface area contributed by atoms with Crippen molar-refractivity contribution >= 4 is 11.7 Å². The van der Waals surface area contributed by atoms with Crippen molar-refractivity contribution in [3.8, 4) is 17.1 Å². The summed E-state index contributed by atoms with van der Waals surface area (Å²) >= 11 is 0. The summed E-state index contributed by atoms with van der Waals surface area (Å²) in [5.74, 6) is 2.03. The molecule has 25 heavy (non-hydrogen) atoms. The van der Waals surface area contributed by atoms with Gasteiger partial charge in [0.2, 0.25) is 0 Å². The molecule has 2 aromatic rings. The average Bonchev–Trinajstić information content (AvgIpc) is 3.29. The van der Waals surface area contributed by atoms with Gasteiger partial charge in [-0.2, -0.15) is 0 Å². The first-order valence-corrected chi connectivity index (χ1v) is 8.89. The third-order valence-electron chi connectivity index (χ3n) is 5.23. The van der Waals surface area contributed by atoms with Gasteiger partial charge in [0, 0.05) is 31.2 Å². The summed E-state index contributed by atoms with van der Waals surface area (Å²) in [6.07, 6.45) is 3.30. The Morgan fingerprint density at radius 2 is 1.92 bits per heavy atom. The van der Waals surface area contributed by atoms with E-state index in [0.29, 0.717) is 17.1 Å². The van der Waals surface area contributed by atoms with E-state index in [1.165, 1.54) is 0 Å². The molecule has 0 spiro atoms. The second kappa shape index (κ2) is 6.43. The van der Waals surface area contributed by atoms with Gasteiger partial charge in [0.15, 0.2) is 11.6 Å². The van der Waals surface area contributed by atoms with Crippen LogP contribution in [0.25, 0.3) is 11.3 Å². The summed E-state index contributed by atoms with van der Waals surface area (Å²) in [6.45, 7) is 4.72. The Hall–Kier alpha value is -2.50.